The van der Waals surface area contributed by atoms with Gasteiger partial charge in [-0.3, -0.25) is 18.7 Å². The molecule has 0 saturated heterocycles. The highest BCUT2D eigenvalue weighted by atomic mass is 32.1. The van der Waals surface area contributed by atoms with Crippen LogP contribution in [0.1, 0.15) is 15.2 Å². The molecule has 3 rings (SSSR count). The molecule has 2 heterocycles. The van der Waals surface area contributed by atoms with Crippen LogP contribution in [0.15, 0.2) is 52.1 Å². The quantitative estimate of drug-likeness (QED) is 0.547. The molecule has 0 saturated carbocycles. The number of carbonyl (C=O) groups excluding carboxylic acids is 1. The van der Waals surface area contributed by atoms with E-state index in [2.05, 4.69) is 5.32 Å². The fourth-order valence-corrected chi connectivity index (χ4v) is 3.85. The van der Waals surface area contributed by atoms with Gasteiger partial charge in [-0.1, -0.05) is 18.2 Å². The number of nitrogens with one attached hydrogen (secondary N) is 1. The van der Waals surface area contributed by atoms with Crippen molar-refractivity contribution in [2.45, 2.75) is 13.1 Å². The Labute approximate surface area is 174 Å². The molecule has 2 aromatic heterocycles. The minimum Gasteiger partial charge on any atom is -0.497 e. The summed E-state index contributed by atoms with van der Waals surface area (Å²) in [5.74, 6) is -0.825. The number of nitrogens with zero attached hydrogens (tertiary/aromatic N) is 2. The predicted molar refractivity (Wildman–Crippen MR) is 112 cm³/mol. The number of rotatable bonds is 7. The number of carbonyl (C=O) groups is 2. The van der Waals surface area contributed by atoms with Gasteiger partial charge < -0.3 is 15.2 Å². The van der Waals surface area contributed by atoms with Crippen LogP contribution in [0.4, 0.5) is 0 Å². The van der Waals surface area contributed by atoms with Crippen LogP contribution in [-0.2, 0) is 24.9 Å². The van der Waals surface area contributed by atoms with Crippen LogP contribution >= 0.6 is 11.3 Å². The summed E-state index contributed by atoms with van der Waals surface area (Å²) in [5, 5.41) is 11.7. The number of allylic oxidation sites excluding steroid dienone is 1. The second-order valence-electron chi connectivity index (χ2n) is 6.36. The monoisotopic (exact) mass is 429 g/mol. The predicted octanol–water partition coefficient (Wildman–Crippen LogP) is 1.34. The number of thiophene rings is 1. The average molecular weight is 429 g/mol. The number of ether oxygens (including phenoxy) is 1. The van der Waals surface area contributed by atoms with Gasteiger partial charge in [-0.2, -0.15) is 0 Å². The Bertz CT molecular complexity index is 1250. The van der Waals surface area contributed by atoms with Crippen LogP contribution in [0.25, 0.3) is 10.2 Å². The highest BCUT2D eigenvalue weighted by molar-refractivity contribution is 7.20. The third-order valence-electron chi connectivity index (χ3n) is 4.39. The molecule has 2 N–H and O–H groups in total. The van der Waals surface area contributed by atoms with Gasteiger partial charge in [0.1, 0.15) is 10.6 Å². The molecule has 0 aliphatic carbocycles. The number of carboxylic acids is 1. The molecule has 0 spiro atoms. The third kappa shape index (κ3) is 4.33. The number of aryl methyl sites for hydroxylation is 1. The van der Waals surface area contributed by atoms with Crippen molar-refractivity contribution in [1.82, 2.24) is 14.5 Å². The lowest BCUT2D eigenvalue weighted by Crippen LogP contribution is -2.38. The number of amides is 1. The lowest BCUT2D eigenvalue weighted by molar-refractivity contribution is -0.131. The lowest BCUT2D eigenvalue weighted by Gasteiger charge is -2.05. The minimum atomic E-state index is -1.17. The Morgan fingerprint density at radius 3 is 2.57 bits per heavy atom. The van der Waals surface area contributed by atoms with Crippen molar-refractivity contribution < 1.29 is 19.4 Å². The molecule has 0 unspecified atom stereocenters. The van der Waals surface area contributed by atoms with Gasteiger partial charge in [0.2, 0.25) is 0 Å². The van der Waals surface area contributed by atoms with E-state index >= 15 is 0 Å². The molecule has 0 atom stereocenters. The van der Waals surface area contributed by atoms with Gasteiger partial charge in [0.05, 0.1) is 17.4 Å². The van der Waals surface area contributed by atoms with E-state index in [1.54, 1.807) is 19.2 Å². The molecule has 0 fully saturated rings. The van der Waals surface area contributed by atoms with E-state index in [4.69, 9.17) is 9.84 Å². The Balaban J connectivity index is 1.86. The molecule has 3 aromatic rings. The molecular formula is C20H19N3O6S. The average Bonchev–Trinajstić information content (AvgIpc) is 3.19. The fourth-order valence-electron chi connectivity index (χ4n) is 2.83. The maximum absolute atomic E-state index is 12.7. The van der Waals surface area contributed by atoms with Crippen molar-refractivity contribution in [3.05, 3.63) is 73.8 Å². The summed E-state index contributed by atoms with van der Waals surface area (Å²) in [6.07, 6.45) is 2.08. The standard InChI is InChI=1S/C20H19N3O6S/c1-22-19-14(18(27)23(20(22)28)9-3-4-16(24)25)10-15(30-19)17(26)21-11-12-5-7-13(29-2)8-6-12/h3-8,10H,9,11H2,1-2H3,(H,21,26)(H,24,25)/b4-3+. The number of benzene rings is 1. The van der Waals surface area contributed by atoms with Gasteiger partial charge in [0, 0.05) is 26.2 Å². The fraction of sp³-hybridized carbons (Fsp3) is 0.200. The number of carboxylic acid groups (broad SMARTS) is 1. The van der Waals surface area contributed by atoms with Crippen LogP contribution in [0.2, 0.25) is 0 Å². The van der Waals surface area contributed by atoms with E-state index in [9.17, 15) is 19.2 Å². The number of aliphatic carboxylic acids is 1. The zero-order valence-electron chi connectivity index (χ0n) is 16.2. The van der Waals surface area contributed by atoms with Crippen LogP contribution in [0.3, 0.4) is 0 Å². The van der Waals surface area contributed by atoms with Crippen LogP contribution in [-0.4, -0.2) is 33.2 Å². The van der Waals surface area contributed by atoms with Gasteiger partial charge >= 0.3 is 11.7 Å². The van der Waals surface area contributed by atoms with Gasteiger partial charge in [0.25, 0.3) is 11.5 Å². The molecule has 156 valence electrons. The molecule has 0 aliphatic rings. The molecule has 1 aromatic carbocycles. The van der Waals surface area contributed by atoms with Crippen molar-refractivity contribution in [2.24, 2.45) is 7.05 Å². The van der Waals surface area contributed by atoms with Crippen LogP contribution < -0.4 is 21.3 Å². The van der Waals surface area contributed by atoms with Gasteiger partial charge in [-0.25, -0.2) is 9.59 Å². The normalized spacial score (nSPS) is 11.1. The van der Waals surface area contributed by atoms with E-state index in [1.165, 1.54) is 23.8 Å². The second kappa shape index (κ2) is 8.78. The van der Waals surface area contributed by atoms with Crippen molar-refractivity contribution in [3.8, 4) is 5.75 Å². The number of hydrogen-bond acceptors (Lipinski definition) is 6. The van der Waals surface area contributed by atoms with E-state index < -0.39 is 17.2 Å². The molecule has 0 aliphatic heterocycles. The van der Waals surface area contributed by atoms with E-state index in [0.29, 0.717) is 22.0 Å². The van der Waals surface area contributed by atoms with Gasteiger partial charge in [-0.15, -0.1) is 11.3 Å². The summed E-state index contributed by atoms with van der Waals surface area (Å²) in [4.78, 5) is 49.0. The van der Waals surface area contributed by atoms with Crippen LogP contribution in [0.5, 0.6) is 5.75 Å². The van der Waals surface area contributed by atoms with E-state index in [0.717, 1.165) is 27.5 Å². The summed E-state index contributed by atoms with van der Waals surface area (Å²) in [5.41, 5.74) is -0.284. The molecule has 0 bridgehead atoms. The highest BCUT2D eigenvalue weighted by Crippen LogP contribution is 2.22. The van der Waals surface area contributed by atoms with Crippen molar-refractivity contribution >= 4 is 33.4 Å². The molecule has 0 radical (unpaired) electrons. The summed E-state index contributed by atoms with van der Waals surface area (Å²) >= 11 is 1.04. The first-order valence-corrected chi connectivity index (χ1v) is 9.67. The third-order valence-corrected chi connectivity index (χ3v) is 5.61. The molecule has 30 heavy (non-hydrogen) atoms. The Morgan fingerprint density at radius 2 is 1.93 bits per heavy atom. The number of methoxy groups -OCH3 is 1. The maximum Gasteiger partial charge on any atom is 0.332 e. The second-order valence-corrected chi connectivity index (χ2v) is 7.39. The van der Waals surface area contributed by atoms with Gasteiger partial charge in [-0.05, 0) is 23.8 Å². The molecule has 10 heteroatoms. The zero-order valence-corrected chi connectivity index (χ0v) is 17.1. The van der Waals surface area contributed by atoms with E-state index in [1.807, 2.05) is 12.1 Å². The highest BCUT2D eigenvalue weighted by Gasteiger charge is 2.17. The summed E-state index contributed by atoms with van der Waals surface area (Å²) < 4.78 is 7.30. The lowest BCUT2D eigenvalue weighted by atomic mass is 10.2. The van der Waals surface area contributed by atoms with Gasteiger partial charge in [0.15, 0.2) is 0 Å². The Kier molecular flexibility index (Phi) is 6.17. The number of hydrogen-bond donors (Lipinski definition) is 2. The minimum absolute atomic E-state index is 0.178. The molecule has 9 nitrogen and oxygen atoms in total. The first-order valence-electron chi connectivity index (χ1n) is 8.85. The Morgan fingerprint density at radius 1 is 1.23 bits per heavy atom. The molecule has 1 amide bonds. The summed E-state index contributed by atoms with van der Waals surface area (Å²) in [6, 6.07) is 8.69. The topological polar surface area (TPSA) is 120 Å². The first-order chi connectivity index (χ1) is 14.3. The van der Waals surface area contributed by atoms with Crippen molar-refractivity contribution in [3.63, 3.8) is 0 Å². The zero-order chi connectivity index (χ0) is 21.8. The largest absolute Gasteiger partial charge is 0.497 e. The van der Waals surface area contributed by atoms with Crippen molar-refractivity contribution in [1.29, 1.82) is 0 Å². The smallest absolute Gasteiger partial charge is 0.332 e. The molecular weight excluding hydrogens is 410 g/mol. The first kappa shape index (κ1) is 21.1. The SMILES string of the molecule is COc1ccc(CNC(=O)c2cc3c(=O)n(C/C=C/C(=O)O)c(=O)n(C)c3s2)cc1. The summed E-state index contributed by atoms with van der Waals surface area (Å²) in [7, 11) is 3.07. The number of aromatic nitrogens is 2. The van der Waals surface area contributed by atoms with Crippen LogP contribution in [0, 0.1) is 0 Å². The van der Waals surface area contributed by atoms with Crippen molar-refractivity contribution in [2.75, 3.05) is 7.11 Å². The maximum atomic E-state index is 12.7. The number of fused-ring (bicyclic) bond motifs is 1. The van der Waals surface area contributed by atoms with E-state index in [-0.39, 0.29) is 17.8 Å². The summed E-state index contributed by atoms with van der Waals surface area (Å²) in [6.45, 7) is 0.114. The Hall–Kier alpha value is -3.66.